The lowest BCUT2D eigenvalue weighted by molar-refractivity contribution is 1.28. The predicted octanol–water partition coefficient (Wildman–Crippen LogP) is 18.7. The lowest BCUT2D eigenvalue weighted by atomic mass is 9.91. The van der Waals surface area contributed by atoms with Crippen molar-refractivity contribution in [1.29, 1.82) is 0 Å². The van der Waals surface area contributed by atoms with Crippen molar-refractivity contribution in [2.24, 2.45) is 0 Å². The molecule has 0 fully saturated rings. The molecule has 0 atom stereocenters. The van der Waals surface area contributed by atoms with Gasteiger partial charge < -0.3 is 4.90 Å². The molecule has 12 aromatic rings. The Balaban J connectivity index is 1.07. The molecule has 1 heterocycles. The lowest BCUT2D eigenvalue weighted by Gasteiger charge is -2.30. The highest BCUT2D eigenvalue weighted by Crippen LogP contribution is 2.49. The minimum absolute atomic E-state index is 1.08. The summed E-state index contributed by atoms with van der Waals surface area (Å²) in [7, 11) is 0. The molecule has 1 aromatic heterocycles. The molecule has 0 unspecified atom stereocenters. The maximum atomic E-state index is 2.49. The highest BCUT2D eigenvalue weighted by Gasteiger charge is 2.23. The van der Waals surface area contributed by atoms with Gasteiger partial charge in [-0.15, -0.1) is 11.3 Å². The molecule has 11 aromatic carbocycles. The number of hydrogen-bond donors (Lipinski definition) is 0. The first-order chi connectivity index (χ1) is 32.7. The number of nitrogens with zero attached hydrogens (tertiary/aromatic N) is 1. The first kappa shape index (κ1) is 39.3. The maximum absolute atomic E-state index is 2.49. The van der Waals surface area contributed by atoms with Crippen LogP contribution in [0.5, 0.6) is 0 Å². The fourth-order valence-corrected chi connectivity index (χ4v) is 10.9. The zero-order valence-electron chi connectivity index (χ0n) is 36.2. The largest absolute Gasteiger partial charge is 0.309 e. The van der Waals surface area contributed by atoms with Gasteiger partial charge in [0, 0.05) is 42.6 Å². The summed E-state index contributed by atoms with van der Waals surface area (Å²) >= 11 is 1.88. The topological polar surface area (TPSA) is 3.24 Å². The predicted molar refractivity (Wildman–Crippen MR) is 284 cm³/mol. The number of rotatable bonds is 9. The molecule has 1 nitrogen and oxygen atoms in total. The van der Waals surface area contributed by atoms with Crippen molar-refractivity contribution in [3.05, 3.63) is 261 Å². The van der Waals surface area contributed by atoms with Crippen molar-refractivity contribution in [2.75, 3.05) is 4.90 Å². The van der Waals surface area contributed by atoms with Crippen LogP contribution in [-0.4, -0.2) is 0 Å². The van der Waals surface area contributed by atoms with Crippen LogP contribution in [0.1, 0.15) is 0 Å². The number of anilines is 3. The third-order valence-electron chi connectivity index (χ3n) is 12.9. The third kappa shape index (κ3) is 7.24. The van der Waals surface area contributed by atoms with Gasteiger partial charge in [0.1, 0.15) is 0 Å². The second-order valence-corrected chi connectivity index (χ2v) is 17.9. The van der Waals surface area contributed by atoms with Crippen LogP contribution < -0.4 is 4.90 Å². The van der Waals surface area contributed by atoms with Crippen molar-refractivity contribution in [2.45, 2.75) is 0 Å². The first-order valence-corrected chi connectivity index (χ1v) is 23.4. The summed E-state index contributed by atoms with van der Waals surface area (Å²) in [6.45, 7) is 0. The van der Waals surface area contributed by atoms with E-state index in [0.29, 0.717) is 0 Å². The molecule has 0 aliphatic carbocycles. The van der Waals surface area contributed by atoms with Crippen LogP contribution in [0.4, 0.5) is 17.1 Å². The Morgan fingerprint density at radius 2 is 0.788 bits per heavy atom. The van der Waals surface area contributed by atoms with Crippen LogP contribution in [0.25, 0.3) is 97.7 Å². The molecular formula is C64H43NS. The smallest absolute Gasteiger partial charge is 0.0546 e. The molecule has 0 saturated carbocycles. The Morgan fingerprint density at radius 3 is 1.55 bits per heavy atom. The second-order valence-electron chi connectivity index (χ2n) is 16.8. The van der Waals surface area contributed by atoms with Crippen molar-refractivity contribution in [1.82, 2.24) is 0 Å². The molecule has 0 aliphatic rings. The number of hydrogen-bond acceptors (Lipinski definition) is 2. The average molecular weight is 858 g/mol. The highest BCUT2D eigenvalue weighted by atomic mass is 32.1. The Morgan fingerprint density at radius 1 is 0.258 bits per heavy atom. The third-order valence-corrected chi connectivity index (χ3v) is 14.1. The van der Waals surface area contributed by atoms with E-state index in [9.17, 15) is 0 Å². The molecule has 0 amide bonds. The molecule has 310 valence electrons. The van der Waals surface area contributed by atoms with Crippen LogP contribution in [0.2, 0.25) is 0 Å². The van der Waals surface area contributed by atoms with Crippen molar-refractivity contribution >= 4 is 59.3 Å². The van der Waals surface area contributed by atoms with Crippen molar-refractivity contribution in [3.8, 4) is 66.8 Å². The standard InChI is InChI=1S/C64H43NS/c1-4-18-46(19-5-1)54-39-35-51(42-60(54)48-22-8-3-9-23-48)45-33-37-53(38-34-45)65(61-29-14-12-25-56(61)58-27-16-28-59-57-26-13-15-30-63(57)66-64(58)59)62-43-52(36-40-55(62)47-20-6-2-7-21-47)50-32-31-44-17-10-11-24-49(44)41-50/h1-43H. The maximum Gasteiger partial charge on any atom is 0.0546 e. The van der Waals surface area contributed by atoms with Gasteiger partial charge in [0.2, 0.25) is 0 Å². The molecule has 0 spiro atoms. The molecule has 12 rings (SSSR count). The first-order valence-electron chi connectivity index (χ1n) is 22.6. The van der Waals surface area contributed by atoms with Gasteiger partial charge in [-0.05, 0) is 103 Å². The van der Waals surface area contributed by atoms with E-state index in [-0.39, 0.29) is 0 Å². The molecule has 2 heteroatoms. The van der Waals surface area contributed by atoms with E-state index in [0.717, 1.165) is 39.3 Å². The van der Waals surface area contributed by atoms with Gasteiger partial charge in [-0.2, -0.15) is 0 Å². The quantitative estimate of drug-likeness (QED) is 0.140. The van der Waals surface area contributed by atoms with Gasteiger partial charge in [-0.1, -0.05) is 218 Å². The highest BCUT2D eigenvalue weighted by molar-refractivity contribution is 7.26. The van der Waals surface area contributed by atoms with E-state index >= 15 is 0 Å². The number of thiophene rings is 1. The number of fused-ring (bicyclic) bond motifs is 4. The summed E-state index contributed by atoms with van der Waals surface area (Å²) in [6, 6.07) is 95.3. The summed E-state index contributed by atoms with van der Waals surface area (Å²) < 4.78 is 2.59. The summed E-state index contributed by atoms with van der Waals surface area (Å²) in [5.74, 6) is 0. The lowest BCUT2D eigenvalue weighted by Crippen LogP contribution is -2.12. The zero-order valence-corrected chi connectivity index (χ0v) is 37.0. The Bertz CT molecular complexity index is 3680. The van der Waals surface area contributed by atoms with Gasteiger partial charge in [0.15, 0.2) is 0 Å². The summed E-state index contributed by atoms with van der Waals surface area (Å²) in [6.07, 6.45) is 0. The minimum atomic E-state index is 1.08. The van der Waals surface area contributed by atoms with Gasteiger partial charge in [-0.3, -0.25) is 0 Å². The molecule has 66 heavy (non-hydrogen) atoms. The normalized spacial score (nSPS) is 11.3. The van der Waals surface area contributed by atoms with E-state index in [2.05, 4.69) is 266 Å². The van der Waals surface area contributed by atoms with Crippen LogP contribution in [-0.2, 0) is 0 Å². The van der Waals surface area contributed by atoms with Gasteiger partial charge in [0.25, 0.3) is 0 Å². The van der Waals surface area contributed by atoms with E-state index in [4.69, 9.17) is 0 Å². The summed E-state index contributed by atoms with van der Waals surface area (Å²) in [4.78, 5) is 2.49. The number of benzene rings is 11. The van der Waals surface area contributed by atoms with E-state index in [1.54, 1.807) is 0 Å². The fourth-order valence-electron chi connectivity index (χ4n) is 9.64. The average Bonchev–Trinajstić information content (AvgIpc) is 3.79. The zero-order chi connectivity index (χ0) is 43.8. The van der Waals surface area contributed by atoms with Crippen LogP contribution >= 0.6 is 11.3 Å². The van der Waals surface area contributed by atoms with E-state index in [1.807, 2.05) is 11.3 Å². The molecular weight excluding hydrogens is 815 g/mol. The van der Waals surface area contributed by atoms with Crippen LogP contribution in [0.15, 0.2) is 261 Å². The number of para-hydroxylation sites is 1. The molecule has 0 aliphatic heterocycles. The monoisotopic (exact) mass is 857 g/mol. The van der Waals surface area contributed by atoms with Gasteiger partial charge in [0.05, 0.1) is 11.4 Å². The fraction of sp³-hybridized carbons (Fsp3) is 0. The SMILES string of the molecule is c1ccc(-c2ccc(-c3ccc(N(c4cc(-c5ccc6ccccc6c5)ccc4-c4ccccc4)c4ccccc4-c4cccc5c4sc4ccccc45)cc3)cc2-c2ccccc2)cc1. The van der Waals surface area contributed by atoms with E-state index in [1.165, 1.54) is 75.5 Å². The van der Waals surface area contributed by atoms with Crippen LogP contribution in [0.3, 0.4) is 0 Å². The van der Waals surface area contributed by atoms with Crippen molar-refractivity contribution < 1.29 is 0 Å². The Kier molecular flexibility index (Phi) is 10.1. The molecule has 0 radical (unpaired) electrons. The van der Waals surface area contributed by atoms with Crippen LogP contribution in [0, 0.1) is 0 Å². The molecule has 0 saturated heterocycles. The van der Waals surface area contributed by atoms with Gasteiger partial charge in [-0.25, -0.2) is 0 Å². The van der Waals surface area contributed by atoms with Crippen molar-refractivity contribution in [3.63, 3.8) is 0 Å². The second kappa shape index (κ2) is 17.0. The Hall–Kier alpha value is -8.30. The molecule has 0 N–H and O–H groups in total. The summed E-state index contributed by atoms with van der Waals surface area (Å²) in [5, 5.41) is 5.05. The van der Waals surface area contributed by atoms with E-state index < -0.39 is 0 Å². The summed E-state index contributed by atoms with van der Waals surface area (Å²) in [5.41, 5.74) is 17.5. The molecule has 0 bridgehead atoms. The minimum Gasteiger partial charge on any atom is -0.309 e. The Labute approximate surface area is 389 Å². The van der Waals surface area contributed by atoms with Gasteiger partial charge >= 0.3 is 0 Å².